The fourth-order valence-electron chi connectivity index (χ4n) is 2.22. The van der Waals surface area contributed by atoms with E-state index in [1.807, 2.05) is 6.92 Å². The van der Waals surface area contributed by atoms with E-state index >= 15 is 0 Å². The molecule has 2 atom stereocenters. The zero-order valence-corrected chi connectivity index (χ0v) is 10.1. The number of fused-ring (bicyclic) bond motifs is 1. The maximum Gasteiger partial charge on any atom is 0.143 e. The van der Waals surface area contributed by atoms with Crippen LogP contribution in [0, 0.1) is 5.92 Å². The van der Waals surface area contributed by atoms with Crippen molar-refractivity contribution in [2.75, 3.05) is 13.1 Å². The predicted octanol–water partition coefficient (Wildman–Crippen LogP) is 1.30. The zero-order valence-electron chi connectivity index (χ0n) is 10.1. The Morgan fingerprint density at radius 3 is 3.06 bits per heavy atom. The first-order chi connectivity index (χ1) is 8.22. The highest BCUT2D eigenvalue weighted by molar-refractivity contribution is 5.82. The van der Waals surface area contributed by atoms with Gasteiger partial charge in [0.15, 0.2) is 0 Å². The topological polar surface area (TPSA) is 70.6 Å². The SMILES string of the molecule is CC(CNCC1Cc2ccccc21)C(N)=NO. The fraction of sp³-hybridized carbons (Fsp3) is 0.462. The van der Waals surface area contributed by atoms with Crippen LogP contribution in [0.3, 0.4) is 0 Å². The number of hydrogen-bond acceptors (Lipinski definition) is 3. The van der Waals surface area contributed by atoms with Crippen molar-refractivity contribution in [1.82, 2.24) is 5.32 Å². The molecule has 0 bridgehead atoms. The summed E-state index contributed by atoms with van der Waals surface area (Å²) in [5, 5.41) is 14.9. The normalized spacial score (nSPS) is 20.5. The lowest BCUT2D eigenvalue weighted by Crippen LogP contribution is -2.35. The summed E-state index contributed by atoms with van der Waals surface area (Å²) in [6.07, 6.45) is 1.15. The molecule has 92 valence electrons. The van der Waals surface area contributed by atoms with Crippen molar-refractivity contribution in [3.8, 4) is 0 Å². The number of nitrogens with one attached hydrogen (secondary N) is 1. The molecule has 0 saturated heterocycles. The highest BCUT2D eigenvalue weighted by Gasteiger charge is 2.24. The molecule has 0 amide bonds. The van der Waals surface area contributed by atoms with E-state index in [0.29, 0.717) is 5.92 Å². The number of hydrogen-bond donors (Lipinski definition) is 3. The molecule has 0 fully saturated rings. The van der Waals surface area contributed by atoms with Crippen LogP contribution in [0.15, 0.2) is 29.4 Å². The monoisotopic (exact) mass is 233 g/mol. The van der Waals surface area contributed by atoms with Crippen molar-refractivity contribution < 1.29 is 5.21 Å². The van der Waals surface area contributed by atoms with Crippen LogP contribution < -0.4 is 11.1 Å². The lowest BCUT2D eigenvalue weighted by atomic mass is 9.77. The summed E-state index contributed by atoms with van der Waals surface area (Å²) < 4.78 is 0. The second-order valence-corrected chi connectivity index (χ2v) is 4.68. The number of rotatable bonds is 5. The summed E-state index contributed by atoms with van der Waals surface area (Å²) in [6.45, 7) is 3.64. The minimum atomic E-state index is 0.0651. The highest BCUT2D eigenvalue weighted by atomic mass is 16.4. The summed E-state index contributed by atoms with van der Waals surface area (Å²) in [7, 11) is 0. The minimum absolute atomic E-state index is 0.0651. The van der Waals surface area contributed by atoms with Crippen LogP contribution >= 0.6 is 0 Å². The molecule has 0 spiro atoms. The van der Waals surface area contributed by atoms with Crippen LogP contribution in [0.25, 0.3) is 0 Å². The number of nitrogens with zero attached hydrogens (tertiary/aromatic N) is 1. The fourth-order valence-corrected chi connectivity index (χ4v) is 2.22. The Balaban J connectivity index is 1.75. The minimum Gasteiger partial charge on any atom is -0.409 e. The van der Waals surface area contributed by atoms with Crippen LogP contribution in [-0.2, 0) is 6.42 Å². The number of benzene rings is 1. The Bertz CT molecular complexity index is 417. The molecular weight excluding hydrogens is 214 g/mol. The van der Waals surface area contributed by atoms with Crippen LogP contribution in [0.1, 0.15) is 24.0 Å². The lowest BCUT2D eigenvalue weighted by molar-refractivity contribution is 0.314. The van der Waals surface area contributed by atoms with Crippen molar-refractivity contribution in [2.45, 2.75) is 19.3 Å². The molecule has 0 saturated carbocycles. The summed E-state index contributed by atoms with van der Waals surface area (Å²) in [5.74, 6) is 0.965. The average Bonchev–Trinajstić information content (AvgIpc) is 2.33. The van der Waals surface area contributed by atoms with E-state index in [1.54, 1.807) is 0 Å². The predicted molar refractivity (Wildman–Crippen MR) is 68.3 cm³/mol. The van der Waals surface area contributed by atoms with Crippen LogP contribution in [0.2, 0.25) is 0 Å². The van der Waals surface area contributed by atoms with E-state index in [0.717, 1.165) is 19.5 Å². The largest absolute Gasteiger partial charge is 0.409 e. The van der Waals surface area contributed by atoms with Crippen molar-refractivity contribution in [3.05, 3.63) is 35.4 Å². The first-order valence-electron chi connectivity index (χ1n) is 5.98. The van der Waals surface area contributed by atoms with Gasteiger partial charge in [-0.3, -0.25) is 0 Å². The molecule has 0 aromatic heterocycles. The molecule has 1 aliphatic carbocycles. The molecule has 0 radical (unpaired) electrons. The second-order valence-electron chi connectivity index (χ2n) is 4.68. The maximum absolute atomic E-state index is 8.54. The number of oxime groups is 1. The number of nitrogens with two attached hydrogens (primary N) is 1. The summed E-state index contributed by atoms with van der Waals surface area (Å²) in [4.78, 5) is 0. The van der Waals surface area contributed by atoms with Crippen molar-refractivity contribution in [1.29, 1.82) is 0 Å². The molecule has 2 unspecified atom stereocenters. The van der Waals surface area contributed by atoms with E-state index in [4.69, 9.17) is 10.9 Å². The third-order valence-corrected chi connectivity index (χ3v) is 3.42. The highest BCUT2D eigenvalue weighted by Crippen LogP contribution is 2.33. The van der Waals surface area contributed by atoms with Gasteiger partial charge in [-0.2, -0.15) is 0 Å². The second kappa shape index (κ2) is 5.19. The molecule has 1 aliphatic rings. The molecule has 1 aromatic rings. The molecule has 17 heavy (non-hydrogen) atoms. The molecule has 0 aliphatic heterocycles. The Hall–Kier alpha value is -1.55. The van der Waals surface area contributed by atoms with Gasteiger partial charge < -0.3 is 16.3 Å². The van der Waals surface area contributed by atoms with Gasteiger partial charge in [0.05, 0.1) is 0 Å². The third-order valence-electron chi connectivity index (χ3n) is 3.42. The van der Waals surface area contributed by atoms with E-state index < -0.39 is 0 Å². The van der Waals surface area contributed by atoms with Gasteiger partial charge in [0, 0.05) is 24.9 Å². The Labute approximate surface area is 102 Å². The smallest absolute Gasteiger partial charge is 0.143 e. The van der Waals surface area contributed by atoms with E-state index in [-0.39, 0.29) is 11.8 Å². The summed E-state index contributed by atoms with van der Waals surface area (Å²) in [5.41, 5.74) is 8.43. The third kappa shape index (κ3) is 2.58. The Kier molecular flexibility index (Phi) is 3.64. The lowest BCUT2D eigenvalue weighted by Gasteiger charge is -2.30. The van der Waals surface area contributed by atoms with Crippen molar-refractivity contribution in [3.63, 3.8) is 0 Å². The number of amidine groups is 1. The molecule has 2 rings (SSSR count). The van der Waals surface area contributed by atoms with Gasteiger partial charge in [-0.15, -0.1) is 0 Å². The van der Waals surface area contributed by atoms with Gasteiger partial charge in [-0.25, -0.2) is 0 Å². The zero-order chi connectivity index (χ0) is 12.3. The molecular formula is C13H19N3O. The van der Waals surface area contributed by atoms with Gasteiger partial charge in [-0.1, -0.05) is 36.3 Å². The van der Waals surface area contributed by atoms with Crippen LogP contribution in [0.5, 0.6) is 0 Å². The standard InChI is InChI=1S/C13H19N3O/c1-9(13(14)16-17)7-15-8-11-6-10-4-2-3-5-12(10)11/h2-5,9,11,15,17H,6-8H2,1H3,(H2,14,16). The average molecular weight is 233 g/mol. The van der Waals surface area contributed by atoms with Gasteiger partial charge in [0.25, 0.3) is 0 Å². The summed E-state index contributed by atoms with van der Waals surface area (Å²) in [6, 6.07) is 8.55. The quantitative estimate of drug-likeness (QED) is 0.311. The first kappa shape index (κ1) is 11.9. The van der Waals surface area contributed by atoms with E-state index in [1.165, 1.54) is 11.1 Å². The van der Waals surface area contributed by atoms with E-state index in [9.17, 15) is 0 Å². The molecule has 4 nitrogen and oxygen atoms in total. The molecule has 4 N–H and O–H groups in total. The molecule has 0 heterocycles. The Morgan fingerprint density at radius 1 is 1.59 bits per heavy atom. The van der Waals surface area contributed by atoms with Gasteiger partial charge in [-0.05, 0) is 17.5 Å². The van der Waals surface area contributed by atoms with E-state index in [2.05, 4.69) is 34.7 Å². The Morgan fingerprint density at radius 2 is 2.35 bits per heavy atom. The molecule has 4 heteroatoms. The first-order valence-corrected chi connectivity index (χ1v) is 5.98. The van der Waals surface area contributed by atoms with Crippen molar-refractivity contribution in [2.24, 2.45) is 16.8 Å². The molecule has 1 aromatic carbocycles. The summed E-state index contributed by atoms with van der Waals surface area (Å²) >= 11 is 0. The van der Waals surface area contributed by atoms with Gasteiger partial charge in [0.1, 0.15) is 5.84 Å². The van der Waals surface area contributed by atoms with Crippen LogP contribution in [0.4, 0.5) is 0 Å². The van der Waals surface area contributed by atoms with Gasteiger partial charge in [0.2, 0.25) is 0 Å². The van der Waals surface area contributed by atoms with Crippen LogP contribution in [-0.4, -0.2) is 24.1 Å². The van der Waals surface area contributed by atoms with Crippen molar-refractivity contribution >= 4 is 5.84 Å². The van der Waals surface area contributed by atoms with Gasteiger partial charge >= 0.3 is 0 Å². The maximum atomic E-state index is 8.54.